The number of piperazine rings is 1. The van der Waals surface area contributed by atoms with Gasteiger partial charge in [-0.05, 0) is 12.1 Å². The van der Waals surface area contributed by atoms with Gasteiger partial charge in [0, 0.05) is 37.6 Å². The number of ether oxygens (including phenoxy) is 2. The number of hydrogen-bond donors (Lipinski definition) is 0. The summed E-state index contributed by atoms with van der Waals surface area (Å²) in [7, 11) is 2.81. The van der Waals surface area contributed by atoms with Crippen molar-refractivity contribution in [1.29, 1.82) is 0 Å². The van der Waals surface area contributed by atoms with Crippen LogP contribution < -0.4 is 9.47 Å². The molecular weight excluding hydrogens is 436 g/mol. The Kier molecular flexibility index (Phi) is 6.37. The molecule has 11 heteroatoms. The van der Waals surface area contributed by atoms with Crippen molar-refractivity contribution in [1.82, 2.24) is 14.8 Å². The maximum atomic E-state index is 13.1. The summed E-state index contributed by atoms with van der Waals surface area (Å²) in [5.74, 6) is 0.820. The second-order valence-corrected chi connectivity index (χ2v) is 8.10. The minimum absolute atomic E-state index is 0.0101. The normalized spacial score (nSPS) is 14.4. The van der Waals surface area contributed by atoms with E-state index in [1.807, 2.05) is 17.5 Å². The van der Waals surface area contributed by atoms with Crippen LogP contribution in [0.15, 0.2) is 40.3 Å². The zero-order valence-corrected chi connectivity index (χ0v) is 18.5. The number of hydrogen-bond acceptors (Lipinski definition) is 9. The number of carbonyl (C=O) groups is 1. The molecule has 0 atom stereocenters. The van der Waals surface area contributed by atoms with Crippen LogP contribution >= 0.6 is 11.3 Å². The molecule has 4 rings (SSSR count). The molecule has 0 unspecified atom stereocenters. The van der Waals surface area contributed by atoms with Crippen LogP contribution in [0.3, 0.4) is 0 Å². The lowest BCUT2D eigenvalue weighted by molar-refractivity contribution is -0.385. The van der Waals surface area contributed by atoms with Crippen LogP contribution in [0.4, 0.5) is 5.69 Å². The van der Waals surface area contributed by atoms with Crippen molar-refractivity contribution in [2.45, 2.75) is 6.54 Å². The lowest BCUT2D eigenvalue weighted by Gasteiger charge is -2.34. The molecule has 168 valence electrons. The van der Waals surface area contributed by atoms with Crippen LogP contribution in [-0.4, -0.2) is 66.0 Å². The van der Waals surface area contributed by atoms with Gasteiger partial charge in [-0.3, -0.25) is 19.8 Å². The number of carbonyl (C=O) groups excluding carboxylic acids is 1. The van der Waals surface area contributed by atoms with E-state index in [1.54, 1.807) is 22.5 Å². The number of furan rings is 1. The predicted octanol–water partition coefficient (Wildman–Crippen LogP) is 3.29. The summed E-state index contributed by atoms with van der Waals surface area (Å²) in [6.07, 6.45) is 1.62. The van der Waals surface area contributed by atoms with Crippen LogP contribution in [0, 0.1) is 10.1 Å². The molecule has 1 aliphatic heterocycles. The summed E-state index contributed by atoms with van der Waals surface area (Å²) in [4.78, 5) is 32.5. The van der Waals surface area contributed by atoms with Crippen LogP contribution in [0.1, 0.15) is 15.4 Å². The Hall–Kier alpha value is -3.44. The van der Waals surface area contributed by atoms with Crippen molar-refractivity contribution in [2.24, 2.45) is 0 Å². The summed E-state index contributed by atoms with van der Waals surface area (Å²) in [5, 5.41) is 14.5. The lowest BCUT2D eigenvalue weighted by atomic mass is 10.1. The van der Waals surface area contributed by atoms with Gasteiger partial charge in [0.2, 0.25) is 0 Å². The van der Waals surface area contributed by atoms with Crippen LogP contribution in [0.5, 0.6) is 11.5 Å². The Morgan fingerprint density at radius 2 is 1.94 bits per heavy atom. The highest BCUT2D eigenvalue weighted by atomic mass is 32.1. The largest absolute Gasteiger partial charge is 0.493 e. The Labute approximate surface area is 188 Å². The number of nitrogens with zero attached hydrogens (tertiary/aromatic N) is 4. The summed E-state index contributed by atoms with van der Waals surface area (Å²) >= 11 is 1.56. The zero-order valence-electron chi connectivity index (χ0n) is 17.6. The number of nitro groups is 1. The van der Waals surface area contributed by atoms with Gasteiger partial charge >= 0.3 is 0 Å². The minimum atomic E-state index is -0.579. The molecule has 3 heterocycles. The highest BCUT2D eigenvalue weighted by Gasteiger charge is 2.30. The first-order valence-electron chi connectivity index (χ1n) is 9.90. The molecule has 1 fully saturated rings. The van der Waals surface area contributed by atoms with Gasteiger partial charge in [0.1, 0.15) is 16.3 Å². The van der Waals surface area contributed by atoms with Crippen molar-refractivity contribution in [3.8, 4) is 23.0 Å². The molecule has 1 aliphatic rings. The molecule has 2 aromatic heterocycles. The van der Waals surface area contributed by atoms with Gasteiger partial charge < -0.3 is 18.8 Å². The Balaban J connectivity index is 1.42. The standard InChI is InChI=1S/C21H22N4O6S/c1-29-18-10-14(16(25(27)28)11-19(18)30-2)21(26)24-7-5-23(6-8-24)12-20-22-15(13-32-20)17-4-3-9-31-17/h3-4,9-11,13H,5-8,12H2,1-2H3. The predicted molar refractivity (Wildman–Crippen MR) is 117 cm³/mol. The first-order chi connectivity index (χ1) is 15.5. The summed E-state index contributed by atoms with van der Waals surface area (Å²) in [6.45, 7) is 2.87. The monoisotopic (exact) mass is 458 g/mol. The third-order valence-corrected chi connectivity index (χ3v) is 6.11. The van der Waals surface area contributed by atoms with Crippen molar-refractivity contribution >= 4 is 22.9 Å². The Bertz CT molecular complexity index is 1110. The number of benzene rings is 1. The van der Waals surface area contributed by atoms with Crippen LogP contribution in [0.25, 0.3) is 11.5 Å². The van der Waals surface area contributed by atoms with Gasteiger partial charge in [-0.15, -0.1) is 11.3 Å². The number of thiazole rings is 1. The summed E-state index contributed by atoms with van der Waals surface area (Å²) in [6, 6.07) is 6.29. The van der Waals surface area contributed by atoms with E-state index < -0.39 is 10.8 Å². The molecule has 3 aromatic rings. The van der Waals surface area contributed by atoms with E-state index in [0.717, 1.165) is 16.5 Å². The molecule has 0 spiro atoms. The molecule has 0 bridgehead atoms. The highest BCUT2D eigenvalue weighted by molar-refractivity contribution is 7.09. The number of aromatic nitrogens is 1. The van der Waals surface area contributed by atoms with Gasteiger partial charge in [-0.25, -0.2) is 4.98 Å². The van der Waals surface area contributed by atoms with Gasteiger partial charge in [-0.1, -0.05) is 0 Å². The smallest absolute Gasteiger partial charge is 0.286 e. The van der Waals surface area contributed by atoms with Crippen molar-refractivity contribution < 1.29 is 23.6 Å². The van der Waals surface area contributed by atoms with Crippen molar-refractivity contribution in [3.63, 3.8) is 0 Å². The molecule has 0 saturated carbocycles. The highest BCUT2D eigenvalue weighted by Crippen LogP contribution is 2.35. The molecule has 0 radical (unpaired) electrons. The maximum absolute atomic E-state index is 13.1. The van der Waals surface area contributed by atoms with Gasteiger partial charge in [0.15, 0.2) is 17.3 Å². The Morgan fingerprint density at radius 3 is 2.56 bits per heavy atom. The van der Waals surface area contributed by atoms with E-state index in [4.69, 9.17) is 13.9 Å². The Morgan fingerprint density at radius 1 is 1.22 bits per heavy atom. The second kappa shape index (κ2) is 9.37. The molecule has 1 saturated heterocycles. The number of methoxy groups -OCH3 is 2. The average molecular weight is 458 g/mol. The van der Waals surface area contributed by atoms with E-state index in [1.165, 1.54) is 26.4 Å². The number of nitro benzene ring substituents is 1. The molecule has 32 heavy (non-hydrogen) atoms. The van der Waals surface area contributed by atoms with E-state index in [9.17, 15) is 14.9 Å². The fraction of sp³-hybridized carbons (Fsp3) is 0.333. The lowest BCUT2D eigenvalue weighted by Crippen LogP contribution is -2.48. The molecule has 10 nitrogen and oxygen atoms in total. The van der Waals surface area contributed by atoms with Crippen molar-refractivity contribution in [3.05, 3.63) is 56.6 Å². The third-order valence-electron chi connectivity index (χ3n) is 5.27. The number of amides is 1. The fourth-order valence-electron chi connectivity index (χ4n) is 3.58. The topological polar surface area (TPSA) is 111 Å². The van der Waals surface area contributed by atoms with Gasteiger partial charge in [-0.2, -0.15) is 0 Å². The van der Waals surface area contributed by atoms with E-state index in [0.29, 0.717) is 32.7 Å². The first kappa shape index (κ1) is 21.8. The second-order valence-electron chi connectivity index (χ2n) is 7.15. The van der Waals surface area contributed by atoms with E-state index >= 15 is 0 Å². The average Bonchev–Trinajstić information content (AvgIpc) is 3.50. The zero-order chi connectivity index (χ0) is 22.7. The molecule has 1 aromatic carbocycles. The SMILES string of the molecule is COc1cc(C(=O)N2CCN(Cc3nc(-c4ccco4)cs3)CC2)c([N+](=O)[O-])cc1OC. The van der Waals surface area contributed by atoms with Crippen molar-refractivity contribution in [2.75, 3.05) is 40.4 Å². The molecule has 1 amide bonds. The molecular formula is C21H22N4O6S. The maximum Gasteiger partial charge on any atom is 0.286 e. The van der Waals surface area contributed by atoms with Crippen LogP contribution in [-0.2, 0) is 6.54 Å². The van der Waals surface area contributed by atoms with Gasteiger partial charge in [0.05, 0.1) is 38.0 Å². The minimum Gasteiger partial charge on any atom is -0.493 e. The van der Waals surface area contributed by atoms with Crippen LogP contribution in [0.2, 0.25) is 0 Å². The fourth-order valence-corrected chi connectivity index (χ4v) is 4.41. The quantitative estimate of drug-likeness (QED) is 0.392. The first-order valence-corrected chi connectivity index (χ1v) is 10.8. The third kappa shape index (κ3) is 4.43. The summed E-state index contributed by atoms with van der Waals surface area (Å²) in [5.41, 5.74) is 0.497. The molecule has 0 N–H and O–H groups in total. The number of rotatable bonds is 7. The van der Waals surface area contributed by atoms with Gasteiger partial charge in [0.25, 0.3) is 11.6 Å². The molecule has 0 aliphatic carbocycles. The summed E-state index contributed by atoms with van der Waals surface area (Å²) < 4.78 is 15.7. The van der Waals surface area contributed by atoms with E-state index in [2.05, 4.69) is 9.88 Å². The van der Waals surface area contributed by atoms with E-state index in [-0.39, 0.29) is 22.7 Å².